The van der Waals surface area contributed by atoms with E-state index in [-0.39, 0.29) is 0 Å². The average molecular weight is 805 g/mol. The lowest BCUT2D eigenvalue weighted by Crippen LogP contribution is -2.27. The number of fused-ring (bicyclic) bond motifs is 16. The van der Waals surface area contributed by atoms with Crippen molar-refractivity contribution in [3.05, 3.63) is 222 Å². The van der Waals surface area contributed by atoms with Crippen molar-refractivity contribution >= 4 is 49.3 Å². The van der Waals surface area contributed by atoms with Crippen molar-refractivity contribution in [3.63, 3.8) is 0 Å². The minimum Gasteiger partial charge on any atom is -0.456 e. The third-order valence-corrected chi connectivity index (χ3v) is 13.7. The van der Waals surface area contributed by atoms with E-state index in [1.54, 1.807) is 0 Å². The third-order valence-electron chi connectivity index (χ3n) is 13.7. The maximum atomic E-state index is 6.67. The van der Waals surface area contributed by atoms with E-state index in [0.717, 1.165) is 62.7 Å². The number of allylic oxidation sites excluding steroid dienone is 4. The van der Waals surface area contributed by atoms with Crippen LogP contribution in [0.3, 0.4) is 0 Å². The van der Waals surface area contributed by atoms with Gasteiger partial charge in [-0.1, -0.05) is 164 Å². The number of benzene rings is 8. The molecule has 8 aromatic carbocycles. The summed E-state index contributed by atoms with van der Waals surface area (Å²) in [4.78, 5) is 15.3. The molecule has 0 N–H and O–H groups in total. The zero-order valence-corrected chi connectivity index (χ0v) is 34.1. The van der Waals surface area contributed by atoms with Gasteiger partial charge in [0.25, 0.3) is 0 Å². The second kappa shape index (κ2) is 12.9. The van der Waals surface area contributed by atoms with E-state index in [9.17, 15) is 0 Å². The van der Waals surface area contributed by atoms with Crippen LogP contribution >= 0.6 is 0 Å². The van der Waals surface area contributed by atoms with Gasteiger partial charge in [-0.3, -0.25) is 0 Å². The van der Waals surface area contributed by atoms with Crippen LogP contribution in [0, 0.1) is 0 Å². The quantitative estimate of drug-likeness (QED) is 0.178. The van der Waals surface area contributed by atoms with E-state index in [1.807, 2.05) is 72.8 Å². The first kappa shape index (κ1) is 34.6. The molecule has 1 atom stereocenters. The topological polar surface area (TPSA) is 56.7 Å². The van der Waals surface area contributed by atoms with Gasteiger partial charge in [-0.25, -0.2) is 15.0 Å². The van der Waals surface area contributed by atoms with Gasteiger partial charge in [-0.05, 0) is 82.1 Å². The minimum absolute atomic E-state index is 0.397. The number of rotatable bonds is 4. The summed E-state index contributed by atoms with van der Waals surface area (Å²) in [6, 6.07) is 65.1. The van der Waals surface area contributed by atoms with Crippen molar-refractivity contribution in [2.24, 2.45) is 0 Å². The van der Waals surface area contributed by atoms with Gasteiger partial charge in [0.2, 0.25) is 0 Å². The van der Waals surface area contributed by atoms with E-state index < -0.39 is 5.41 Å². The molecule has 11 aromatic rings. The molecule has 3 aliphatic rings. The molecule has 1 spiro atoms. The fraction of sp³-hybridized carbons (Fsp3) is 0.0517. The van der Waals surface area contributed by atoms with Gasteiger partial charge in [0.05, 0.1) is 16.4 Å². The molecule has 5 nitrogen and oxygen atoms in total. The van der Waals surface area contributed by atoms with E-state index in [0.29, 0.717) is 17.5 Å². The lowest BCUT2D eigenvalue weighted by molar-refractivity contribution is 0.669. The predicted octanol–water partition coefficient (Wildman–Crippen LogP) is 14.3. The Kier molecular flexibility index (Phi) is 7.09. The highest BCUT2D eigenvalue weighted by Gasteiger charge is 2.53. The average Bonchev–Trinajstić information content (AvgIpc) is 4.08. The normalized spacial score (nSPS) is 16.1. The van der Waals surface area contributed by atoms with Crippen molar-refractivity contribution in [1.82, 2.24) is 19.5 Å². The molecule has 63 heavy (non-hydrogen) atoms. The Bertz CT molecular complexity index is 3740. The summed E-state index contributed by atoms with van der Waals surface area (Å²) < 4.78 is 9.16. The van der Waals surface area contributed by atoms with Gasteiger partial charge in [-0.2, -0.15) is 0 Å². The highest BCUT2D eigenvalue weighted by molar-refractivity contribution is 6.18. The van der Waals surface area contributed by atoms with Gasteiger partial charge >= 0.3 is 0 Å². The van der Waals surface area contributed by atoms with Crippen LogP contribution in [0.4, 0.5) is 0 Å². The molecule has 3 aromatic heterocycles. The lowest BCUT2D eigenvalue weighted by Gasteiger charge is -2.32. The molecule has 3 aliphatic carbocycles. The van der Waals surface area contributed by atoms with Crippen LogP contribution in [0.15, 0.2) is 204 Å². The first-order valence-corrected chi connectivity index (χ1v) is 21.8. The van der Waals surface area contributed by atoms with Crippen LogP contribution in [0.1, 0.15) is 35.1 Å². The molecule has 0 radical (unpaired) electrons. The van der Waals surface area contributed by atoms with Crippen molar-refractivity contribution in [3.8, 4) is 51.0 Å². The summed E-state index contributed by atoms with van der Waals surface area (Å²) in [6.07, 6.45) is 6.92. The van der Waals surface area contributed by atoms with Crippen LogP contribution < -0.4 is 0 Å². The van der Waals surface area contributed by atoms with E-state index in [1.165, 1.54) is 60.8 Å². The van der Waals surface area contributed by atoms with Crippen molar-refractivity contribution < 1.29 is 4.42 Å². The van der Waals surface area contributed by atoms with Crippen LogP contribution in [0.25, 0.3) is 100 Å². The number of hydrogen-bond donors (Lipinski definition) is 0. The largest absolute Gasteiger partial charge is 0.456 e. The molecule has 0 fully saturated rings. The maximum absolute atomic E-state index is 6.67. The van der Waals surface area contributed by atoms with Crippen LogP contribution in [-0.2, 0) is 5.41 Å². The predicted molar refractivity (Wildman–Crippen MR) is 255 cm³/mol. The Morgan fingerprint density at radius 1 is 0.492 bits per heavy atom. The number of para-hydroxylation sites is 1. The first-order chi connectivity index (χ1) is 31.3. The first-order valence-electron chi connectivity index (χ1n) is 21.8. The van der Waals surface area contributed by atoms with Crippen molar-refractivity contribution in [2.45, 2.75) is 18.3 Å². The highest BCUT2D eigenvalue weighted by Crippen LogP contribution is 2.64. The van der Waals surface area contributed by atoms with Gasteiger partial charge < -0.3 is 8.98 Å². The minimum atomic E-state index is -0.397. The number of hydrogen-bond acceptors (Lipinski definition) is 4. The van der Waals surface area contributed by atoms with Gasteiger partial charge in [0.15, 0.2) is 17.5 Å². The van der Waals surface area contributed by atoms with E-state index in [4.69, 9.17) is 19.4 Å². The Labute approximate surface area is 363 Å². The van der Waals surface area contributed by atoms with Crippen LogP contribution in [-0.4, -0.2) is 19.5 Å². The molecule has 0 saturated carbocycles. The molecule has 3 heterocycles. The number of furan rings is 1. The van der Waals surface area contributed by atoms with Crippen molar-refractivity contribution in [1.29, 1.82) is 0 Å². The summed E-state index contributed by atoms with van der Waals surface area (Å²) in [5, 5.41) is 4.44. The molecule has 14 rings (SSSR count). The third kappa shape index (κ3) is 4.68. The standard InChI is InChI=1S/C58H36N4O/c1-3-16-35(17-4-1)55-59-56(36-18-5-2-6-19-36)61-57(60-55)43-24-15-29-51-52(43)44-34-37(30-33-50(44)63-51)62-49-28-14-10-22-40(49)41-31-32-48-53(54(41)62)42-23-9-13-27-47(42)58(48)45-25-11-7-20-38(45)39-21-8-12-26-46(39)58/h1-7,9-20,22-34H,8,21H2. The van der Waals surface area contributed by atoms with Gasteiger partial charge in [0, 0.05) is 49.5 Å². The summed E-state index contributed by atoms with van der Waals surface area (Å²) in [5.74, 6) is 1.84. The van der Waals surface area contributed by atoms with Crippen LogP contribution in [0.2, 0.25) is 0 Å². The zero-order chi connectivity index (χ0) is 41.2. The Hall–Kier alpha value is -8.15. The number of aromatic nitrogens is 4. The smallest absolute Gasteiger partial charge is 0.164 e. The zero-order valence-electron chi connectivity index (χ0n) is 34.1. The molecule has 0 bridgehead atoms. The summed E-state index contributed by atoms with van der Waals surface area (Å²) in [7, 11) is 0. The van der Waals surface area contributed by atoms with Crippen molar-refractivity contribution in [2.75, 3.05) is 0 Å². The SMILES string of the molecule is C1=CC2=C(CC1)c1ccccc1C21c2ccccc2-c2c1ccc1c3ccccc3n(-c3ccc4oc5cccc(-c6nc(-c7ccccc7)nc(-c7ccccc7)n6)c5c4c3)c21. The van der Waals surface area contributed by atoms with Gasteiger partial charge in [-0.15, -0.1) is 0 Å². The Balaban J connectivity index is 1.05. The second-order valence-corrected chi connectivity index (χ2v) is 16.9. The second-order valence-electron chi connectivity index (χ2n) is 16.9. The molecular weight excluding hydrogens is 769 g/mol. The Morgan fingerprint density at radius 3 is 1.95 bits per heavy atom. The molecule has 0 saturated heterocycles. The van der Waals surface area contributed by atoms with Gasteiger partial charge in [0.1, 0.15) is 11.2 Å². The fourth-order valence-corrected chi connectivity index (χ4v) is 11.2. The molecule has 294 valence electrons. The van der Waals surface area contributed by atoms with E-state index >= 15 is 0 Å². The molecule has 1 unspecified atom stereocenters. The molecule has 0 amide bonds. The summed E-state index contributed by atoms with van der Waals surface area (Å²) in [6.45, 7) is 0. The molecule has 0 aliphatic heterocycles. The summed E-state index contributed by atoms with van der Waals surface area (Å²) in [5.41, 5.74) is 18.4. The number of nitrogens with zero attached hydrogens (tertiary/aromatic N) is 4. The Morgan fingerprint density at radius 2 is 1.16 bits per heavy atom. The maximum Gasteiger partial charge on any atom is 0.164 e. The molecule has 5 heteroatoms. The monoisotopic (exact) mass is 804 g/mol. The van der Waals surface area contributed by atoms with E-state index in [2.05, 4.69) is 126 Å². The molecular formula is C58H36N4O. The summed E-state index contributed by atoms with van der Waals surface area (Å²) >= 11 is 0. The fourth-order valence-electron chi connectivity index (χ4n) is 11.2. The highest BCUT2D eigenvalue weighted by atomic mass is 16.3. The lowest BCUT2D eigenvalue weighted by atomic mass is 9.69. The van der Waals surface area contributed by atoms with Crippen LogP contribution in [0.5, 0.6) is 0 Å².